The molecule has 0 aliphatic heterocycles. The van der Waals surface area contributed by atoms with Crippen molar-refractivity contribution >= 4 is 7.37 Å². The van der Waals surface area contributed by atoms with Gasteiger partial charge in [0.1, 0.15) is 6.35 Å². The summed E-state index contributed by atoms with van der Waals surface area (Å²) in [5.41, 5.74) is 1.10. The molecule has 1 aromatic carbocycles. The van der Waals surface area contributed by atoms with Gasteiger partial charge in [-0.3, -0.25) is 4.57 Å². The first-order valence-corrected chi connectivity index (χ1v) is 13.6. The maximum atomic E-state index is 11.4. The van der Waals surface area contributed by atoms with Gasteiger partial charge in [-0.05, 0) is 49.9 Å². The Hall–Kier alpha value is -1.07. The Kier molecular flexibility index (Phi) is 11.8. The minimum Gasteiger partial charge on any atom is -0.490 e. The molecule has 0 amide bonds. The Balaban J connectivity index is 1.72. The number of aliphatic hydroxyl groups is 1. The van der Waals surface area contributed by atoms with E-state index in [1.54, 1.807) is 0 Å². The summed E-state index contributed by atoms with van der Waals surface area (Å²) in [6.07, 6.45) is 11.4. The van der Waals surface area contributed by atoms with E-state index in [9.17, 15) is 9.46 Å². The summed E-state index contributed by atoms with van der Waals surface area (Å²) in [7, 11) is -3.35. The Bertz CT molecular complexity index is 650. The molecule has 1 aliphatic rings. The zero-order chi connectivity index (χ0) is 21.7. The van der Waals surface area contributed by atoms with E-state index < -0.39 is 13.7 Å². The van der Waals surface area contributed by atoms with Gasteiger partial charge in [0, 0.05) is 12.7 Å². The zero-order valence-corrected chi connectivity index (χ0v) is 19.4. The van der Waals surface area contributed by atoms with Crippen molar-refractivity contribution < 1.29 is 24.0 Å². The first-order chi connectivity index (χ1) is 14.5. The predicted molar refractivity (Wildman–Crippen MR) is 122 cm³/mol. The second-order valence-electron chi connectivity index (χ2n) is 8.31. The standard InChI is InChI=1S/C23H40NO5P/c1-2-3-4-5-6-7-8-15-28-22-13-10-20(17-23(22)29-21-11-12-21)18-24-14-9-16-30(26,27)19-25/h10,13,17,21,24-25H,2-9,11-12,14-16,18-19H2,1H3,(H,26,27). The molecule has 0 spiro atoms. The number of hydrogen-bond donors (Lipinski definition) is 3. The van der Waals surface area contributed by atoms with E-state index in [2.05, 4.69) is 12.2 Å². The van der Waals surface area contributed by atoms with E-state index >= 15 is 0 Å². The number of aliphatic hydroxyl groups excluding tert-OH is 1. The number of unbranched alkanes of at least 4 members (excludes halogenated alkanes) is 6. The molecule has 0 heterocycles. The van der Waals surface area contributed by atoms with Gasteiger partial charge < -0.3 is 24.8 Å². The molecule has 2 rings (SSSR count). The minimum atomic E-state index is -3.35. The highest BCUT2D eigenvalue weighted by Gasteiger charge is 2.25. The lowest BCUT2D eigenvalue weighted by atomic mass is 10.1. The van der Waals surface area contributed by atoms with Crippen LogP contribution in [0.4, 0.5) is 0 Å². The Labute approximate surface area is 181 Å². The molecule has 172 valence electrons. The highest BCUT2D eigenvalue weighted by atomic mass is 31.2. The molecule has 0 radical (unpaired) electrons. The summed E-state index contributed by atoms with van der Waals surface area (Å²) < 4.78 is 23.5. The van der Waals surface area contributed by atoms with Crippen molar-refractivity contribution in [3.63, 3.8) is 0 Å². The van der Waals surface area contributed by atoms with E-state index in [4.69, 9.17) is 14.6 Å². The van der Waals surface area contributed by atoms with E-state index in [0.29, 0.717) is 25.6 Å². The molecular formula is C23H40NO5P. The number of ether oxygens (including phenoxy) is 2. The van der Waals surface area contributed by atoms with Gasteiger partial charge in [-0.1, -0.05) is 51.5 Å². The molecule has 1 atom stereocenters. The maximum Gasteiger partial charge on any atom is 0.225 e. The van der Waals surface area contributed by atoms with Gasteiger partial charge in [-0.25, -0.2) is 0 Å². The van der Waals surface area contributed by atoms with Crippen LogP contribution in [0, 0.1) is 0 Å². The maximum absolute atomic E-state index is 11.4. The molecule has 1 unspecified atom stereocenters. The lowest BCUT2D eigenvalue weighted by Crippen LogP contribution is -2.16. The van der Waals surface area contributed by atoms with Gasteiger partial charge in [0.25, 0.3) is 0 Å². The van der Waals surface area contributed by atoms with Crippen molar-refractivity contribution in [1.82, 2.24) is 5.32 Å². The van der Waals surface area contributed by atoms with Crippen LogP contribution in [0.3, 0.4) is 0 Å². The van der Waals surface area contributed by atoms with Crippen LogP contribution in [0.25, 0.3) is 0 Å². The third-order valence-electron chi connectivity index (χ3n) is 5.24. The lowest BCUT2D eigenvalue weighted by Gasteiger charge is -2.14. The van der Waals surface area contributed by atoms with Gasteiger partial charge >= 0.3 is 0 Å². The van der Waals surface area contributed by atoms with Crippen LogP contribution >= 0.6 is 7.37 Å². The predicted octanol–water partition coefficient (Wildman–Crippen LogP) is 5.06. The first kappa shape index (κ1) is 25.2. The summed E-state index contributed by atoms with van der Waals surface area (Å²) in [5.74, 6) is 1.64. The van der Waals surface area contributed by atoms with Crippen molar-refractivity contribution in [2.45, 2.75) is 83.8 Å². The third kappa shape index (κ3) is 10.8. The lowest BCUT2D eigenvalue weighted by molar-refractivity contribution is 0.255. The normalized spacial score (nSPS) is 15.7. The van der Waals surface area contributed by atoms with Crippen LogP contribution in [0.15, 0.2) is 18.2 Å². The number of benzene rings is 1. The van der Waals surface area contributed by atoms with Crippen LogP contribution < -0.4 is 14.8 Å². The van der Waals surface area contributed by atoms with E-state index in [1.165, 1.54) is 38.5 Å². The molecule has 0 saturated heterocycles. The molecule has 1 fully saturated rings. The fraction of sp³-hybridized carbons (Fsp3) is 0.739. The van der Waals surface area contributed by atoms with Crippen molar-refractivity contribution in [3.05, 3.63) is 23.8 Å². The highest BCUT2D eigenvalue weighted by molar-refractivity contribution is 7.57. The number of hydrogen-bond acceptors (Lipinski definition) is 5. The number of rotatable bonds is 18. The van der Waals surface area contributed by atoms with Crippen molar-refractivity contribution in [2.75, 3.05) is 25.7 Å². The van der Waals surface area contributed by atoms with Crippen molar-refractivity contribution in [2.24, 2.45) is 0 Å². The van der Waals surface area contributed by atoms with Gasteiger partial charge in [-0.15, -0.1) is 0 Å². The molecular weight excluding hydrogens is 401 g/mol. The van der Waals surface area contributed by atoms with Crippen LogP contribution in [0.5, 0.6) is 11.5 Å². The van der Waals surface area contributed by atoms with Gasteiger partial charge in [-0.2, -0.15) is 0 Å². The average molecular weight is 442 g/mol. The Morgan fingerprint density at radius 1 is 1.07 bits per heavy atom. The van der Waals surface area contributed by atoms with Crippen molar-refractivity contribution in [1.29, 1.82) is 0 Å². The second kappa shape index (κ2) is 14.1. The van der Waals surface area contributed by atoms with Gasteiger partial charge in [0.2, 0.25) is 7.37 Å². The third-order valence-corrected chi connectivity index (χ3v) is 6.70. The molecule has 0 bridgehead atoms. The smallest absolute Gasteiger partial charge is 0.225 e. The summed E-state index contributed by atoms with van der Waals surface area (Å²) in [6, 6.07) is 6.07. The topological polar surface area (TPSA) is 88.0 Å². The summed E-state index contributed by atoms with van der Waals surface area (Å²) in [6.45, 7) is 4.25. The van der Waals surface area contributed by atoms with Gasteiger partial charge in [0.15, 0.2) is 11.5 Å². The molecule has 0 aromatic heterocycles. The zero-order valence-electron chi connectivity index (χ0n) is 18.5. The molecule has 1 aliphatic carbocycles. The summed E-state index contributed by atoms with van der Waals surface area (Å²) >= 11 is 0. The quantitative estimate of drug-likeness (QED) is 0.218. The molecule has 1 saturated carbocycles. The Morgan fingerprint density at radius 2 is 1.80 bits per heavy atom. The van der Waals surface area contributed by atoms with E-state index in [1.807, 2.05) is 18.2 Å². The molecule has 1 aromatic rings. The fourth-order valence-electron chi connectivity index (χ4n) is 3.24. The molecule has 6 nitrogen and oxygen atoms in total. The van der Waals surface area contributed by atoms with Crippen LogP contribution in [-0.2, 0) is 11.1 Å². The van der Waals surface area contributed by atoms with Gasteiger partial charge in [0.05, 0.1) is 12.7 Å². The van der Waals surface area contributed by atoms with Crippen molar-refractivity contribution in [3.8, 4) is 11.5 Å². The molecule has 3 N–H and O–H groups in total. The van der Waals surface area contributed by atoms with E-state index in [0.717, 1.165) is 42.9 Å². The highest BCUT2D eigenvalue weighted by Crippen LogP contribution is 2.39. The average Bonchev–Trinajstić information content (AvgIpc) is 3.55. The second-order valence-corrected chi connectivity index (χ2v) is 10.7. The summed E-state index contributed by atoms with van der Waals surface area (Å²) in [4.78, 5) is 9.40. The van der Waals surface area contributed by atoms with Crippen LogP contribution in [0.2, 0.25) is 0 Å². The fourth-order valence-corrected chi connectivity index (χ4v) is 4.03. The van der Waals surface area contributed by atoms with E-state index in [-0.39, 0.29) is 6.16 Å². The molecule has 7 heteroatoms. The number of nitrogens with one attached hydrogen (secondary N) is 1. The van der Waals surface area contributed by atoms with Crippen LogP contribution in [-0.4, -0.2) is 41.8 Å². The molecule has 30 heavy (non-hydrogen) atoms. The largest absolute Gasteiger partial charge is 0.490 e. The first-order valence-electron chi connectivity index (χ1n) is 11.6. The monoisotopic (exact) mass is 441 g/mol. The SMILES string of the molecule is CCCCCCCCCOc1ccc(CNCCCP(=O)(O)CO)cc1OC1CC1. The minimum absolute atomic E-state index is 0.137. The van der Waals surface area contributed by atoms with Crippen LogP contribution in [0.1, 0.15) is 76.7 Å². The summed E-state index contributed by atoms with van der Waals surface area (Å²) in [5, 5.41) is 12.1. The Morgan fingerprint density at radius 3 is 2.50 bits per heavy atom.